The second kappa shape index (κ2) is 11.7. The molecule has 2 aliphatic heterocycles. The third-order valence-corrected chi connectivity index (χ3v) is 6.21. The summed E-state index contributed by atoms with van der Waals surface area (Å²) in [7, 11) is 1.68. The first-order valence-corrected chi connectivity index (χ1v) is 11.4. The van der Waals surface area contributed by atoms with E-state index in [2.05, 4.69) is 15.4 Å². The molecule has 0 bridgehead atoms. The van der Waals surface area contributed by atoms with E-state index in [1.165, 1.54) is 30.0 Å². The molecule has 2 aromatic rings. The molecule has 2 aromatic carbocycles. The van der Waals surface area contributed by atoms with E-state index in [1.807, 2.05) is 13.0 Å². The Bertz CT molecular complexity index is 996. The minimum Gasteiger partial charge on any atom is -0.385 e. The Labute approximate surface area is 196 Å². The number of benzene rings is 2. The van der Waals surface area contributed by atoms with Crippen LogP contribution in [0.2, 0.25) is 0 Å². The number of anilines is 1. The number of rotatable bonds is 4. The van der Waals surface area contributed by atoms with Crippen molar-refractivity contribution in [2.75, 3.05) is 45.2 Å². The number of carbonyl (C=O) groups excluding carboxylic acids is 3. The van der Waals surface area contributed by atoms with Gasteiger partial charge >= 0.3 is 6.03 Å². The number of amides is 3. The molecule has 8 nitrogen and oxygen atoms in total. The SMILES string of the molecule is CCOC.O=Cc1ccc2c(c1)SC(NC(=O)N1CCN(C(=O)c3cccc(F)c3)CC1)N2. The highest BCUT2D eigenvalue weighted by Crippen LogP contribution is 2.37. The van der Waals surface area contributed by atoms with Gasteiger partial charge in [-0.1, -0.05) is 17.8 Å². The van der Waals surface area contributed by atoms with Crippen molar-refractivity contribution in [2.24, 2.45) is 0 Å². The van der Waals surface area contributed by atoms with Crippen molar-refractivity contribution >= 4 is 35.7 Å². The molecule has 3 amide bonds. The number of ether oxygens (including phenoxy) is 1. The van der Waals surface area contributed by atoms with Crippen LogP contribution < -0.4 is 10.6 Å². The summed E-state index contributed by atoms with van der Waals surface area (Å²) in [6, 6.07) is 10.7. The predicted molar refractivity (Wildman–Crippen MR) is 125 cm³/mol. The lowest BCUT2D eigenvalue weighted by molar-refractivity contribution is 0.0664. The van der Waals surface area contributed by atoms with Gasteiger partial charge in [0.05, 0.1) is 5.69 Å². The molecule has 33 heavy (non-hydrogen) atoms. The van der Waals surface area contributed by atoms with Crippen LogP contribution in [0, 0.1) is 5.82 Å². The first kappa shape index (κ1) is 24.5. The Balaban J connectivity index is 0.000000709. The van der Waals surface area contributed by atoms with Crippen molar-refractivity contribution in [3.05, 3.63) is 59.4 Å². The topological polar surface area (TPSA) is 91.0 Å². The van der Waals surface area contributed by atoms with E-state index in [1.54, 1.807) is 35.1 Å². The molecule has 2 N–H and O–H groups in total. The number of piperazine rings is 1. The Morgan fingerprint density at radius 1 is 1.18 bits per heavy atom. The van der Waals surface area contributed by atoms with Gasteiger partial charge in [-0.15, -0.1) is 0 Å². The zero-order valence-electron chi connectivity index (χ0n) is 18.5. The molecule has 0 saturated carbocycles. The van der Waals surface area contributed by atoms with Crippen molar-refractivity contribution in [1.29, 1.82) is 0 Å². The summed E-state index contributed by atoms with van der Waals surface area (Å²) in [6.45, 7) is 4.34. The van der Waals surface area contributed by atoms with Gasteiger partial charge < -0.3 is 25.2 Å². The first-order chi connectivity index (χ1) is 15.9. The van der Waals surface area contributed by atoms with Gasteiger partial charge in [-0.3, -0.25) is 9.59 Å². The monoisotopic (exact) mass is 474 g/mol. The first-order valence-electron chi connectivity index (χ1n) is 10.6. The molecule has 0 aromatic heterocycles. The Morgan fingerprint density at radius 2 is 1.88 bits per heavy atom. The zero-order chi connectivity index (χ0) is 23.8. The van der Waals surface area contributed by atoms with Crippen molar-refractivity contribution in [3.8, 4) is 0 Å². The van der Waals surface area contributed by atoms with Gasteiger partial charge in [0.15, 0.2) is 5.50 Å². The smallest absolute Gasteiger partial charge is 0.319 e. The normalized spacial score (nSPS) is 16.8. The number of aldehydes is 1. The molecule has 176 valence electrons. The Kier molecular flexibility index (Phi) is 8.67. The summed E-state index contributed by atoms with van der Waals surface area (Å²) in [5.41, 5.74) is 1.44. The van der Waals surface area contributed by atoms with Crippen molar-refractivity contribution in [1.82, 2.24) is 15.1 Å². The Hall–Kier alpha value is -3.11. The summed E-state index contributed by atoms with van der Waals surface area (Å²) in [5, 5.41) is 6.11. The van der Waals surface area contributed by atoms with Crippen LogP contribution in [0.4, 0.5) is 14.9 Å². The minimum absolute atomic E-state index is 0.226. The number of fused-ring (bicyclic) bond motifs is 1. The second-order valence-electron chi connectivity index (χ2n) is 7.33. The summed E-state index contributed by atoms with van der Waals surface area (Å²) in [4.78, 5) is 40.1. The number of carbonyl (C=O) groups is 3. The molecule has 1 unspecified atom stereocenters. The molecular weight excluding hydrogens is 447 g/mol. The van der Waals surface area contributed by atoms with Gasteiger partial charge in [-0.2, -0.15) is 0 Å². The molecule has 0 radical (unpaired) electrons. The highest BCUT2D eigenvalue weighted by molar-refractivity contribution is 8.00. The third-order valence-electron chi connectivity index (χ3n) is 5.14. The van der Waals surface area contributed by atoms with E-state index < -0.39 is 5.82 Å². The van der Waals surface area contributed by atoms with Crippen LogP contribution in [-0.2, 0) is 4.74 Å². The number of hydrogen-bond acceptors (Lipinski definition) is 6. The lowest BCUT2D eigenvalue weighted by Gasteiger charge is -2.35. The lowest BCUT2D eigenvalue weighted by Crippen LogP contribution is -2.54. The predicted octanol–water partition coefficient (Wildman–Crippen LogP) is 3.26. The molecule has 0 spiro atoms. The summed E-state index contributed by atoms with van der Waals surface area (Å²) in [5.74, 6) is -0.685. The molecular formula is C23H27FN4O4S. The zero-order valence-corrected chi connectivity index (χ0v) is 19.4. The number of methoxy groups -OCH3 is 1. The molecule has 1 saturated heterocycles. The van der Waals surface area contributed by atoms with Gasteiger partial charge in [0.2, 0.25) is 0 Å². The summed E-state index contributed by atoms with van der Waals surface area (Å²) in [6.07, 6.45) is 0.789. The standard InChI is InChI=1S/C20H19FN4O3S.C3H8O/c21-15-3-1-2-14(11-15)18(27)24-6-8-25(9-7-24)20(28)23-19-22-16-5-4-13(12-26)10-17(16)29-19;1-3-4-2/h1-5,10-12,19,22H,6-9H2,(H,23,28);3H2,1-2H3. The van der Waals surface area contributed by atoms with Crippen LogP contribution in [0.25, 0.3) is 0 Å². The number of urea groups is 1. The molecule has 1 fully saturated rings. The fraction of sp³-hybridized carbons (Fsp3) is 0.348. The fourth-order valence-corrected chi connectivity index (χ4v) is 4.37. The van der Waals surface area contributed by atoms with E-state index in [0.717, 1.165) is 23.5 Å². The van der Waals surface area contributed by atoms with Crippen LogP contribution in [0.1, 0.15) is 27.6 Å². The van der Waals surface area contributed by atoms with Gasteiger partial charge in [0, 0.05) is 55.9 Å². The molecule has 1 atom stereocenters. The van der Waals surface area contributed by atoms with E-state index in [0.29, 0.717) is 37.3 Å². The van der Waals surface area contributed by atoms with Crippen LogP contribution in [-0.4, -0.2) is 73.4 Å². The molecule has 2 aliphatic rings. The van der Waals surface area contributed by atoms with E-state index in [9.17, 15) is 18.8 Å². The number of hydrogen-bond donors (Lipinski definition) is 2. The average Bonchev–Trinajstić information content (AvgIpc) is 3.25. The number of nitrogens with one attached hydrogen (secondary N) is 2. The highest BCUT2D eigenvalue weighted by Gasteiger charge is 2.28. The summed E-state index contributed by atoms with van der Waals surface area (Å²) < 4.78 is 17.9. The number of nitrogens with zero attached hydrogens (tertiary/aromatic N) is 2. The van der Waals surface area contributed by atoms with Gasteiger partial charge in [-0.05, 0) is 43.3 Å². The average molecular weight is 475 g/mol. The summed E-state index contributed by atoms with van der Waals surface area (Å²) >= 11 is 1.43. The van der Waals surface area contributed by atoms with Crippen LogP contribution in [0.15, 0.2) is 47.4 Å². The van der Waals surface area contributed by atoms with E-state index >= 15 is 0 Å². The number of thioether (sulfide) groups is 1. The van der Waals surface area contributed by atoms with Gasteiger partial charge in [0.25, 0.3) is 5.91 Å². The van der Waals surface area contributed by atoms with Gasteiger partial charge in [-0.25, -0.2) is 9.18 Å². The molecule has 10 heteroatoms. The largest absolute Gasteiger partial charge is 0.385 e. The van der Waals surface area contributed by atoms with Crippen molar-refractivity contribution in [2.45, 2.75) is 17.3 Å². The molecule has 0 aliphatic carbocycles. The maximum atomic E-state index is 13.3. The molecule has 2 heterocycles. The highest BCUT2D eigenvalue weighted by atomic mass is 32.2. The maximum absolute atomic E-state index is 13.3. The van der Waals surface area contributed by atoms with Crippen molar-refractivity contribution in [3.63, 3.8) is 0 Å². The lowest BCUT2D eigenvalue weighted by atomic mass is 10.2. The minimum atomic E-state index is -0.448. The second-order valence-corrected chi connectivity index (χ2v) is 8.48. The fourth-order valence-electron chi connectivity index (χ4n) is 3.31. The molecule has 4 rings (SSSR count). The van der Waals surface area contributed by atoms with E-state index in [4.69, 9.17) is 0 Å². The third kappa shape index (κ3) is 6.45. The van der Waals surface area contributed by atoms with Crippen LogP contribution in [0.3, 0.4) is 0 Å². The van der Waals surface area contributed by atoms with E-state index in [-0.39, 0.29) is 17.4 Å². The quantitative estimate of drug-likeness (QED) is 0.661. The Morgan fingerprint density at radius 3 is 2.52 bits per heavy atom. The number of halogens is 1. The maximum Gasteiger partial charge on any atom is 0.319 e. The van der Waals surface area contributed by atoms with Crippen molar-refractivity contribution < 1.29 is 23.5 Å². The van der Waals surface area contributed by atoms with Crippen LogP contribution in [0.5, 0.6) is 0 Å². The van der Waals surface area contributed by atoms with Gasteiger partial charge in [0.1, 0.15) is 12.1 Å². The van der Waals surface area contributed by atoms with Crippen LogP contribution >= 0.6 is 11.8 Å².